The van der Waals surface area contributed by atoms with Gasteiger partial charge in [-0.15, -0.1) is 5.92 Å². The zero-order chi connectivity index (χ0) is 9.23. The van der Waals surface area contributed by atoms with Gasteiger partial charge in [0.25, 0.3) is 0 Å². The van der Waals surface area contributed by atoms with Crippen molar-refractivity contribution in [1.82, 2.24) is 0 Å². The van der Waals surface area contributed by atoms with Crippen molar-refractivity contribution < 1.29 is 4.79 Å². The van der Waals surface area contributed by atoms with Crippen LogP contribution in [0.4, 0.5) is 0 Å². The van der Waals surface area contributed by atoms with Gasteiger partial charge in [-0.25, -0.2) is 0 Å². The Morgan fingerprint density at radius 1 is 1.17 bits per heavy atom. The SMILES string of the molecule is CCCCCCC#CCC(C)=O. The monoisotopic (exact) mass is 166 g/mol. The highest BCUT2D eigenvalue weighted by Gasteiger charge is 1.85. The molecule has 0 heterocycles. The van der Waals surface area contributed by atoms with E-state index in [9.17, 15) is 4.79 Å². The Morgan fingerprint density at radius 3 is 2.50 bits per heavy atom. The molecule has 0 fully saturated rings. The van der Waals surface area contributed by atoms with Gasteiger partial charge in [-0.2, -0.15) is 0 Å². The Kier molecular flexibility index (Phi) is 7.79. The first-order valence-corrected chi connectivity index (χ1v) is 4.72. The molecule has 0 spiro atoms. The van der Waals surface area contributed by atoms with Gasteiger partial charge in [0.05, 0.1) is 6.42 Å². The van der Waals surface area contributed by atoms with Crippen LogP contribution in [0.1, 0.15) is 52.4 Å². The second-order valence-electron chi connectivity index (χ2n) is 3.04. The molecule has 0 bridgehead atoms. The molecule has 0 atom stereocenters. The highest BCUT2D eigenvalue weighted by molar-refractivity contribution is 5.77. The summed E-state index contributed by atoms with van der Waals surface area (Å²) in [6.45, 7) is 3.77. The maximum atomic E-state index is 10.5. The van der Waals surface area contributed by atoms with Crippen molar-refractivity contribution in [3.8, 4) is 11.8 Å². The van der Waals surface area contributed by atoms with E-state index in [4.69, 9.17) is 0 Å². The topological polar surface area (TPSA) is 17.1 Å². The van der Waals surface area contributed by atoms with Gasteiger partial charge in [0.15, 0.2) is 0 Å². The van der Waals surface area contributed by atoms with Crippen LogP contribution in [0.15, 0.2) is 0 Å². The molecule has 0 aromatic rings. The van der Waals surface area contributed by atoms with Crippen molar-refractivity contribution in [3.05, 3.63) is 0 Å². The molecule has 0 radical (unpaired) electrons. The lowest BCUT2D eigenvalue weighted by molar-refractivity contribution is -0.116. The zero-order valence-corrected chi connectivity index (χ0v) is 8.15. The normalized spacial score (nSPS) is 8.83. The van der Waals surface area contributed by atoms with Crippen LogP contribution < -0.4 is 0 Å². The largest absolute Gasteiger partial charge is 0.299 e. The average molecular weight is 166 g/mol. The van der Waals surface area contributed by atoms with Gasteiger partial charge in [0.2, 0.25) is 0 Å². The van der Waals surface area contributed by atoms with Crippen LogP contribution in [0.2, 0.25) is 0 Å². The Balaban J connectivity index is 3.16. The van der Waals surface area contributed by atoms with Crippen LogP contribution in [0.3, 0.4) is 0 Å². The first-order valence-electron chi connectivity index (χ1n) is 4.72. The minimum absolute atomic E-state index is 0.163. The van der Waals surface area contributed by atoms with Gasteiger partial charge < -0.3 is 0 Å². The molecular formula is C11H18O. The Bertz CT molecular complexity index is 171. The molecular weight excluding hydrogens is 148 g/mol. The molecule has 1 nitrogen and oxygen atoms in total. The van der Waals surface area contributed by atoms with Crippen molar-refractivity contribution in [2.24, 2.45) is 0 Å². The van der Waals surface area contributed by atoms with E-state index < -0.39 is 0 Å². The zero-order valence-electron chi connectivity index (χ0n) is 8.15. The summed E-state index contributed by atoms with van der Waals surface area (Å²) in [5, 5.41) is 0. The first-order chi connectivity index (χ1) is 5.77. The number of hydrogen-bond donors (Lipinski definition) is 0. The highest BCUT2D eigenvalue weighted by Crippen LogP contribution is 2.00. The van der Waals surface area contributed by atoms with Crippen molar-refractivity contribution in [2.75, 3.05) is 0 Å². The summed E-state index contributed by atoms with van der Waals surface area (Å²) >= 11 is 0. The summed E-state index contributed by atoms with van der Waals surface area (Å²) in [5.41, 5.74) is 0. The number of rotatable bonds is 5. The third-order valence-electron chi connectivity index (χ3n) is 1.62. The van der Waals surface area contributed by atoms with E-state index in [2.05, 4.69) is 18.8 Å². The average Bonchev–Trinajstić information content (AvgIpc) is 2.02. The summed E-state index contributed by atoms with van der Waals surface area (Å²) in [4.78, 5) is 10.5. The fraction of sp³-hybridized carbons (Fsp3) is 0.727. The molecule has 68 valence electrons. The quantitative estimate of drug-likeness (QED) is 0.453. The van der Waals surface area contributed by atoms with Gasteiger partial charge >= 0.3 is 0 Å². The molecule has 12 heavy (non-hydrogen) atoms. The number of ketones is 1. The van der Waals surface area contributed by atoms with Crippen LogP contribution >= 0.6 is 0 Å². The predicted octanol–water partition coefficient (Wildman–Crippen LogP) is 2.94. The third-order valence-corrected chi connectivity index (χ3v) is 1.62. The standard InChI is InChI=1S/C11H18O/c1-3-4-5-6-7-8-9-10-11(2)12/h3-7,10H2,1-2H3. The number of carbonyl (C=O) groups excluding carboxylic acids is 1. The molecule has 0 rings (SSSR count). The maximum Gasteiger partial charge on any atom is 0.141 e. The minimum Gasteiger partial charge on any atom is -0.299 e. The molecule has 1 heteroatoms. The maximum absolute atomic E-state index is 10.5. The Morgan fingerprint density at radius 2 is 1.92 bits per heavy atom. The van der Waals surface area contributed by atoms with Crippen molar-refractivity contribution in [2.45, 2.75) is 52.4 Å². The molecule has 0 aliphatic rings. The lowest BCUT2D eigenvalue weighted by atomic mass is 10.1. The fourth-order valence-corrected chi connectivity index (χ4v) is 0.916. The molecule has 0 aliphatic heterocycles. The summed E-state index contributed by atoms with van der Waals surface area (Å²) in [6.07, 6.45) is 6.39. The van der Waals surface area contributed by atoms with Crippen LogP contribution in [-0.2, 0) is 4.79 Å². The molecule has 0 N–H and O–H groups in total. The summed E-state index contributed by atoms with van der Waals surface area (Å²) in [6, 6.07) is 0. The third kappa shape index (κ3) is 9.23. The van der Waals surface area contributed by atoms with Gasteiger partial charge in [-0.1, -0.05) is 32.1 Å². The van der Waals surface area contributed by atoms with E-state index in [0.717, 1.165) is 6.42 Å². The number of unbranched alkanes of at least 4 members (excludes halogenated alkanes) is 4. The lowest BCUT2D eigenvalue weighted by Gasteiger charge is -1.91. The number of hydrogen-bond acceptors (Lipinski definition) is 1. The van der Waals surface area contributed by atoms with E-state index in [0.29, 0.717) is 6.42 Å². The summed E-state index contributed by atoms with van der Waals surface area (Å²) in [5.74, 6) is 6.03. The summed E-state index contributed by atoms with van der Waals surface area (Å²) < 4.78 is 0. The van der Waals surface area contributed by atoms with Crippen LogP contribution in [0.5, 0.6) is 0 Å². The molecule has 0 unspecified atom stereocenters. The fourth-order valence-electron chi connectivity index (χ4n) is 0.916. The van der Waals surface area contributed by atoms with Gasteiger partial charge in [-0.3, -0.25) is 4.79 Å². The van der Waals surface area contributed by atoms with Crippen LogP contribution in [0.25, 0.3) is 0 Å². The molecule has 0 aromatic carbocycles. The van der Waals surface area contributed by atoms with Crippen molar-refractivity contribution >= 4 is 5.78 Å². The van der Waals surface area contributed by atoms with Crippen LogP contribution in [-0.4, -0.2) is 5.78 Å². The molecule has 0 aliphatic carbocycles. The molecule has 0 amide bonds. The van der Waals surface area contributed by atoms with E-state index in [1.807, 2.05) is 0 Å². The second-order valence-corrected chi connectivity index (χ2v) is 3.04. The Hall–Kier alpha value is -0.770. The van der Waals surface area contributed by atoms with Gasteiger partial charge in [-0.05, 0) is 13.3 Å². The number of carbonyl (C=O) groups is 1. The van der Waals surface area contributed by atoms with E-state index in [-0.39, 0.29) is 5.78 Å². The van der Waals surface area contributed by atoms with E-state index >= 15 is 0 Å². The molecule has 0 saturated heterocycles. The number of Topliss-reactive ketones (excluding diaryl/α,β-unsaturated/α-hetero) is 1. The van der Waals surface area contributed by atoms with Gasteiger partial charge in [0.1, 0.15) is 5.78 Å². The summed E-state index contributed by atoms with van der Waals surface area (Å²) in [7, 11) is 0. The Labute approximate surface area is 75.5 Å². The molecule has 0 aromatic heterocycles. The minimum atomic E-state index is 0.163. The van der Waals surface area contributed by atoms with Crippen LogP contribution in [0, 0.1) is 11.8 Å². The molecule has 0 saturated carbocycles. The smallest absolute Gasteiger partial charge is 0.141 e. The predicted molar refractivity (Wildman–Crippen MR) is 51.8 cm³/mol. The van der Waals surface area contributed by atoms with E-state index in [1.54, 1.807) is 6.92 Å². The first kappa shape index (κ1) is 11.2. The highest BCUT2D eigenvalue weighted by atomic mass is 16.1. The van der Waals surface area contributed by atoms with Crippen molar-refractivity contribution in [1.29, 1.82) is 0 Å². The van der Waals surface area contributed by atoms with E-state index in [1.165, 1.54) is 25.7 Å². The lowest BCUT2D eigenvalue weighted by Crippen LogP contribution is -1.84. The second kappa shape index (κ2) is 8.33. The van der Waals surface area contributed by atoms with Crippen molar-refractivity contribution in [3.63, 3.8) is 0 Å². The van der Waals surface area contributed by atoms with Gasteiger partial charge in [0, 0.05) is 6.42 Å².